The van der Waals surface area contributed by atoms with Crippen LogP contribution in [-0.4, -0.2) is 11.1 Å². The van der Waals surface area contributed by atoms with Gasteiger partial charge in [-0.25, -0.2) is 0 Å². The standard InChI is InChI=1S/C50H82O2/c1-40(2)21-12-22-41(3)23-13-24-42(4)25-14-26-43(5)27-15-28-44(6)29-16-30-45(7)31-17-32-46(8)33-18-34-47(9)35-19-36-48(10)37-20-38-49(11)39-50(51)52/h21,23,25,27,29,31,33,35,37,49H,12-20,22,24,26,28,30,32,34,36,38-39H2,1-11H3,(H,51,52)/b41-23+,42-25+,43-27+,44-29+,45-31+,46-33+,47-35+,48-37+. The number of carboxylic acid groups (broad SMARTS) is 1. The number of hydrogen-bond donors (Lipinski definition) is 1. The summed E-state index contributed by atoms with van der Waals surface area (Å²) in [5.74, 6) is -0.449. The topological polar surface area (TPSA) is 37.3 Å². The van der Waals surface area contributed by atoms with Gasteiger partial charge in [0.05, 0.1) is 0 Å². The van der Waals surface area contributed by atoms with Crippen molar-refractivity contribution in [3.63, 3.8) is 0 Å². The van der Waals surface area contributed by atoms with Crippen LogP contribution < -0.4 is 0 Å². The predicted molar refractivity (Wildman–Crippen MR) is 234 cm³/mol. The van der Waals surface area contributed by atoms with E-state index in [1.807, 2.05) is 6.92 Å². The van der Waals surface area contributed by atoms with Crippen molar-refractivity contribution in [2.75, 3.05) is 0 Å². The highest BCUT2D eigenvalue weighted by Crippen LogP contribution is 2.18. The molecule has 0 saturated carbocycles. The van der Waals surface area contributed by atoms with Crippen LogP contribution in [0.25, 0.3) is 0 Å². The summed E-state index contributed by atoms with van der Waals surface area (Å²) >= 11 is 0. The number of carbonyl (C=O) groups is 1. The van der Waals surface area contributed by atoms with E-state index in [0.717, 1.165) is 83.5 Å². The van der Waals surface area contributed by atoms with E-state index in [1.54, 1.807) is 0 Å². The van der Waals surface area contributed by atoms with Crippen LogP contribution in [0.2, 0.25) is 0 Å². The number of aliphatic carboxylic acids is 1. The SMILES string of the molecule is CC(C)=CCC/C(C)=C/CC/C(C)=C/CC/C(C)=C/CC/C(C)=C/CC/C(C)=C/CC/C(C)=C/CC/C(C)=C/CC/C(C)=C/CCC(C)CC(=O)O. The minimum atomic E-state index is -0.694. The van der Waals surface area contributed by atoms with Gasteiger partial charge in [-0.3, -0.25) is 4.79 Å². The zero-order valence-corrected chi connectivity index (χ0v) is 36.1. The lowest BCUT2D eigenvalue weighted by Gasteiger charge is -2.06. The van der Waals surface area contributed by atoms with Crippen LogP contribution in [0.3, 0.4) is 0 Å². The molecule has 0 aromatic carbocycles. The number of rotatable bonds is 29. The Hall–Kier alpha value is -2.87. The average molecular weight is 715 g/mol. The summed E-state index contributed by atoms with van der Waals surface area (Å²) in [6.45, 7) is 24.6. The van der Waals surface area contributed by atoms with Crippen molar-refractivity contribution in [1.82, 2.24) is 0 Å². The maximum atomic E-state index is 10.8. The van der Waals surface area contributed by atoms with Gasteiger partial charge in [-0.15, -0.1) is 0 Å². The molecule has 294 valence electrons. The molecule has 0 heterocycles. The summed E-state index contributed by atoms with van der Waals surface area (Å²) in [6, 6.07) is 0. The van der Waals surface area contributed by atoms with Crippen molar-refractivity contribution in [3.05, 3.63) is 105 Å². The van der Waals surface area contributed by atoms with Gasteiger partial charge in [0.25, 0.3) is 0 Å². The van der Waals surface area contributed by atoms with E-state index in [9.17, 15) is 4.79 Å². The van der Waals surface area contributed by atoms with Crippen molar-refractivity contribution in [1.29, 1.82) is 0 Å². The first-order chi connectivity index (χ1) is 24.7. The molecule has 0 spiro atoms. The fraction of sp³-hybridized carbons (Fsp3) is 0.620. The molecule has 0 amide bonds. The molecular weight excluding hydrogens is 633 g/mol. The van der Waals surface area contributed by atoms with E-state index in [2.05, 4.69) is 124 Å². The Bertz CT molecular complexity index is 1280. The lowest BCUT2D eigenvalue weighted by Crippen LogP contribution is -2.03. The molecule has 0 aliphatic rings. The van der Waals surface area contributed by atoms with Crippen LogP contribution in [-0.2, 0) is 4.79 Å². The van der Waals surface area contributed by atoms with Crippen molar-refractivity contribution < 1.29 is 9.90 Å². The van der Waals surface area contributed by atoms with Crippen molar-refractivity contribution in [2.24, 2.45) is 5.92 Å². The van der Waals surface area contributed by atoms with Crippen LogP contribution in [0.5, 0.6) is 0 Å². The lowest BCUT2D eigenvalue weighted by atomic mass is 10.00. The molecular formula is C50H82O2. The van der Waals surface area contributed by atoms with Gasteiger partial charge < -0.3 is 5.11 Å². The number of carboxylic acids is 1. The third-order valence-corrected chi connectivity index (χ3v) is 9.99. The van der Waals surface area contributed by atoms with E-state index in [1.165, 1.54) is 82.3 Å². The Labute approximate surface area is 323 Å². The van der Waals surface area contributed by atoms with Gasteiger partial charge in [-0.2, -0.15) is 0 Å². The molecule has 0 aliphatic heterocycles. The Balaban J connectivity index is 4.23. The van der Waals surface area contributed by atoms with Crippen LogP contribution in [0, 0.1) is 5.92 Å². The summed E-state index contributed by atoms with van der Waals surface area (Å²) in [5.41, 5.74) is 13.4. The second kappa shape index (κ2) is 31.6. The molecule has 0 rings (SSSR count). The summed E-state index contributed by atoms with van der Waals surface area (Å²) in [4.78, 5) is 10.8. The quantitative estimate of drug-likeness (QED) is 0.0783. The molecule has 0 radical (unpaired) electrons. The molecule has 52 heavy (non-hydrogen) atoms. The van der Waals surface area contributed by atoms with Crippen LogP contribution in [0.1, 0.15) is 198 Å². The molecule has 1 atom stereocenters. The van der Waals surface area contributed by atoms with Crippen LogP contribution in [0.15, 0.2) is 105 Å². The monoisotopic (exact) mass is 715 g/mol. The Kier molecular flexibility index (Phi) is 29.9. The van der Waals surface area contributed by atoms with Crippen LogP contribution in [0.4, 0.5) is 0 Å². The minimum Gasteiger partial charge on any atom is -0.481 e. The molecule has 0 aromatic rings. The number of hydrogen-bond acceptors (Lipinski definition) is 1. The third-order valence-electron chi connectivity index (χ3n) is 9.99. The van der Waals surface area contributed by atoms with Gasteiger partial charge in [-0.05, 0) is 191 Å². The second-order valence-corrected chi connectivity index (χ2v) is 16.3. The molecule has 1 unspecified atom stereocenters. The van der Waals surface area contributed by atoms with Crippen molar-refractivity contribution in [3.8, 4) is 0 Å². The molecule has 2 heteroatoms. The fourth-order valence-corrected chi connectivity index (χ4v) is 6.24. The summed E-state index contributed by atoms with van der Waals surface area (Å²) in [5, 5.41) is 8.90. The maximum Gasteiger partial charge on any atom is 0.303 e. The lowest BCUT2D eigenvalue weighted by molar-refractivity contribution is -0.138. The van der Waals surface area contributed by atoms with Crippen LogP contribution >= 0.6 is 0 Å². The van der Waals surface area contributed by atoms with E-state index >= 15 is 0 Å². The smallest absolute Gasteiger partial charge is 0.303 e. The van der Waals surface area contributed by atoms with Gasteiger partial charge >= 0.3 is 5.97 Å². The first-order valence-electron chi connectivity index (χ1n) is 20.8. The highest BCUT2D eigenvalue weighted by atomic mass is 16.4. The first kappa shape index (κ1) is 49.1. The Morgan fingerprint density at radius 1 is 0.385 bits per heavy atom. The predicted octanol–water partition coefficient (Wildman–Crippen LogP) is 16.7. The van der Waals surface area contributed by atoms with Crippen molar-refractivity contribution >= 4 is 5.97 Å². The zero-order valence-electron chi connectivity index (χ0n) is 36.1. The Morgan fingerprint density at radius 2 is 0.596 bits per heavy atom. The third kappa shape index (κ3) is 33.0. The van der Waals surface area contributed by atoms with E-state index < -0.39 is 5.97 Å². The molecule has 0 aliphatic carbocycles. The molecule has 0 aromatic heterocycles. The van der Waals surface area contributed by atoms with E-state index in [0.29, 0.717) is 0 Å². The second-order valence-electron chi connectivity index (χ2n) is 16.3. The summed E-state index contributed by atoms with van der Waals surface area (Å²) in [6.07, 6.45) is 42.3. The van der Waals surface area contributed by atoms with Gasteiger partial charge in [0.1, 0.15) is 0 Å². The van der Waals surface area contributed by atoms with Gasteiger partial charge in [0, 0.05) is 6.42 Å². The average Bonchev–Trinajstić information content (AvgIpc) is 3.04. The summed E-state index contributed by atoms with van der Waals surface area (Å²) < 4.78 is 0. The maximum absolute atomic E-state index is 10.8. The fourth-order valence-electron chi connectivity index (χ4n) is 6.24. The highest BCUT2D eigenvalue weighted by molar-refractivity contribution is 5.66. The molecule has 0 bridgehead atoms. The summed E-state index contributed by atoms with van der Waals surface area (Å²) in [7, 11) is 0. The normalized spacial score (nSPS) is 15.0. The van der Waals surface area contributed by atoms with Crippen molar-refractivity contribution in [2.45, 2.75) is 198 Å². The number of allylic oxidation sites excluding steroid dienone is 18. The zero-order chi connectivity index (χ0) is 39.1. The highest BCUT2D eigenvalue weighted by Gasteiger charge is 2.06. The Morgan fingerprint density at radius 3 is 0.808 bits per heavy atom. The van der Waals surface area contributed by atoms with Gasteiger partial charge in [0.15, 0.2) is 0 Å². The molecule has 0 fully saturated rings. The van der Waals surface area contributed by atoms with E-state index in [4.69, 9.17) is 5.11 Å². The first-order valence-corrected chi connectivity index (χ1v) is 20.8. The molecule has 1 N–H and O–H groups in total. The largest absolute Gasteiger partial charge is 0.481 e. The molecule has 0 saturated heterocycles. The molecule has 2 nitrogen and oxygen atoms in total. The van der Waals surface area contributed by atoms with E-state index in [-0.39, 0.29) is 12.3 Å². The minimum absolute atomic E-state index is 0.244. The van der Waals surface area contributed by atoms with Gasteiger partial charge in [0.2, 0.25) is 0 Å². The van der Waals surface area contributed by atoms with Gasteiger partial charge in [-0.1, -0.05) is 112 Å².